The predicted octanol–water partition coefficient (Wildman–Crippen LogP) is 16.2. The van der Waals surface area contributed by atoms with Crippen molar-refractivity contribution in [3.8, 4) is 44.5 Å². The minimum Gasteiger partial charge on any atom is -0.455 e. The molecule has 0 radical (unpaired) electrons. The Hall–Kier alpha value is -7.16. The van der Waals surface area contributed by atoms with Gasteiger partial charge in [0.1, 0.15) is 11.2 Å². The SMILES string of the molecule is CC1(C)c2ccccc2-c2ccc(N(c3ccc(-c4cc5c6cccc(-c7ccccc7)c6oc5c5ccccc45)cc3)c3ccc4c(c3)C(C)(C)c3ccccc3-4)cc21. The molecular weight excluding hydrogens is 727 g/mol. The number of benzene rings is 9. The van der Waals surface area contributed by atoms with Gasteiger partial charge in [-0.25, -0.2) is 0 Å². The first kappa shape index (κ1) is 34.8. The van der Waals surface area contributed by atoms with Gasteiger partial charge in [0, 0.05) is 49.6 Å². The third-order valence-electron chi connectivity index (χ3n) is 13.7. The van der Waals surface area contributed by atoms with E-state index in [1.807, 2.05) is 0 Å². The average molecular weight is 770 g/mol. The van der Waals surface area contributed by atoms with Gasteiger partial charge in [-0.05, 0) is 109 Å². The van der Waals surface area contributed by atoms with E-state index in [2.05, 4.69) is 221 Å². The molecule has 0 spiro atoms. The molecule has 1 heterocycles. The molecule has 0 fully saturated rings. The van der Waals surface area contributed by atoms with Gasteiger partial charge in [0.25, 0.3) is 0 Å². The van der Waals surface area contributed by atoms with Crippen LogP contribution < -0.4 is 4.90 Å². The third kappa shape index (κ3) is 4.94. The molecule has 1 aromatic heterocycles. The molecule has 286 valence electrons. The summed E-state index contributed by atoms with van der Waals surface area (Å²) >= 11 is 0. The normalized spacial score (nSPS) is 14.3. The third-order valence-corrected chi connectivity index (χ3v) is 13.7. The minimum atomic E-state index is -0.113. The zero-order valence-corrected chi connectivity index (χ0v) is 34.3. The molecule has 0 bridgehead atoms. The molecule has 0 unspecified atom stereocenters. The summed E-state index contributed by atoms with van der Waals surface area (Å²) < 4.78 is 6.82. The summed E-state index contributed by atoms with van der Waals surface area (Å²) in [6, 6.07) is 69.2. The summed E-state index contributed by atoms with van der Waals surface area (Å²) in [7, 11) is 0. The fourth-order valence-electron chi connectivity index (χ4n) is 10.6. The molecule has 0 saturated heterocycles. The van der Waals surface area contributed by atoms with Crippen LogP contribution in [-0.2, 0) is 10.8 Å². The second kappa shape index (κ2) is 12.7. The van der Waals surface area contributed by atoms with Crippen LogP contribution in [0.25, 0.3) is 77.2 Å². The van der Waals surface area contributed by atoms with Gasteiger partial charge in [-0.1, -0.05) is 173 Å². The maximum atomic E-state index is 6.82. The van der Waals surface area contributed by atoms with Crippen molar-refractivity contribution >= 4 is 49.8 Å². The van der Waals surface area contributed by atoms with Crippen LogP contribution in [0, 0.1) is 0 Å². The molecule has 0 N–H and O–H groups in total. The Kier molecular flexibility index (Phi) is 7.36. The molecule has 2 aliphatic carbocycles. The van der Waals surface area contributed by atoms with Gasteiger partial charge in [0.2, 0.25) is 0 Å². The van der Waals surface area contributed by atoms with Crippen molar-refractivity contribution in [2.24, 2.45) is 0 Å². The molecule has 60 heavy (non-hydrogen) atoms. The first-order chi connectivity index (χ1) is 29.3. The van der Waals surface area contributed by atoms with Crippen LogP contribution in [-0.4, -0.2) is 0 Å². The second-order valence-electron chi connectivity index (χ2n) is 17.7. The lowest BCUT2D eigenvalue weighted by Gasteiger charge is -2.30. The van der Waals surface area contributed by atoms with Crippen molar-refractivity contribution in [2.45, 2.75) is 38.5 Å². The van der Waals surface area contributed by atoms with Crippen LogP contribution in [0.1, 0.15) is 49.9 Å². The second-order valence-corrected chi connectivity index (χ2v) is 17.7. The van der Waals surface area contributed by atoms with E-state index in [9.17, 15) is 0 Å². The lowest BCUT2D eigenvalue weighted by molar-refractivity contribution is 0.660. The number of nitrogens with zero attached hydrogens (tertiary/aromatic N) is 1. The van der Waals surface area contributed by atoms with Gasteiger partial charge >= 0.3 is 0 Å². The monoisotopic (exact) mass is 769 g/mol. The number of fused-ring (bicyclic) bond motifs is 11. The Bertz CT molecular complexity index is 3260. The van der Waals surface area contributed by atoms with Gasteiger partial charge in [-0.2, -0.15) is 0 Å². The van der Waals surface area contributed by atoms with Crippen LogP contribution in [0.15, 0.2) is 192 Å². The first-order valence-corrected chi connectivity index (χ1v) is 21.1. The number of hydrogen-bond acceptors (Lipinski definition) is 2. The molecule has 0 saturated carbocycles. The highest BCUT2D eigenvalue weighted by atomic mass is 16.3. The van der Waals surface area contributed by atoms with Crippen molar-refractivity contribution in [2.75, 3.05) is 4.90 Å². The van der Waals surface area contributed by atoms with Crippen LogP contribution >= 0.6 is 0 Å². The summed E-state index contributed by atoms with van der Waals surface area (Å²) in [5.74, 6) is 0. The average Bonchev–Trinajstić information content (AvgIpc) is 3.86. The van der Waals surface area contributed by atoms with Gasteiger partial charge in [0.05, 0.1) is 0 Å². The zero-order valence-electron chi connectivity index (χ0n) is 34.3. The summed E-state index contributed by atoms with van der Waals surface area (Å²) in [5, 5.41) is 4.56. The minimum absolute atomic E-state index is 0.113. The fraction of sp³-hybridized carbons (Fsp3) is 0.103. The lowest BCUT2D eigenvalue weighted by Crippen LogP contribution is -2.18. The van der Waals surface area contributed by atoms with E-state index in [-0.39, 0.29) is 10.8 Å². The molecular formula is C58H43NO. The largest absolute Gasteiger partial charge is 0.455 e. The number of furan rings is 1. The Morgan fingerprint density at radius 3 is 1.42 bits per heavy atom. The Balaban J connectivity index is 1.02. The molecule has 2 aliphatic rings. The number of rotatable bonds is 5. The molecule has 10 aromatic rings. The van der Waals surface area contributed by atoms with Crippen LogP contribution in [0.2, 0.25) is 0 Å². The van der Waals surface area contributed by atoms with E-state index in [0.717, 1.165) is 55.5 Å². The van der Waals surface area contributed by atoms with Gasteiger partial charge in [0.15, 0.2) is 0 Å². The van der Waals surface area contributed by atoms with Crippen LogP contribution in [0.3, 0.4) is 0 Å². The Morgan fingerprint density at radius 2 is 0.783 bits per heavy atom. The van der Waals surface area contributed by atoms with E-state index < -0.39 is 0 Å². The first-order valence-electron chi connectivity index (χ1n) is 21.1. The highest BCUT2D eigenvalue weighted by molar-refractivity contribution is 6.20. The van der Waals surface area contributed by atoms with E-state index in [0.29, 0.717) is 0 Å². The van der Waals surface area contributed by atoms with E-state index in [1.165, 1.54) is 61.0 Å². The van der Waals surface area contributed by atoms with Crippen LogP contribution in [0.5, 0.6) is 0 Å². The summed E-state index contributed by atoms with van der Waals surface area (Å²) in [5.41, 5.74) is 20.5. The van der Waals surface area contributed by atoms with Crippen molar-refractivity contribution in [1.82, 2.24) is 0 Å². The van der Waals surface area contributed by atoms with Crippen molar-refractivity contribution in [3.63, 3.8) is 0 Å². The molecule has 9 aromatic carbocycles. The highest BCUT2D eigenvalue weighted by Crippen LogP contribution is 2.53. The molecule has 2 heteroatoms. The topological polar surface area (TPSA) is 16.4 Å². The molecule has 0 aliphatic heterocycles. The zero-order chi connectivity index (χ0) is 40.3. The maximum Gasteiger partial charge on any atom is 0.143 e. The quantitative estimate of drug-likeness (QED) is 0.173. The lowest BCUT2D eigenvalue weighted by atomic mass is 9.82. The summed E-state index contributed by atoms with van der Waals surface area (Å²) in [4.78, 5) is 2.46. The predicted molar refractivity (Wildman–Crippen MR) is 252 cm³/mol. The van der Waals surface area contributed by atoms with Crippen molar-refractivity contribution < 1.29 is 4.42 Å². The molecule has 0 amide bonds. The molecule has 2 nitrogen and oxygen atoms in total. The van der Waals surface area contributed by atoms with Crippen molar-refractivity contribution in [1.29, 1.82) is 0 Å². The smallest absolute Gasteiger partial charge is 0.143 e. The Morgan fingerprint density at radius 1 is 0.317 bits per heavy atom. The van der Waals surface area contributed by atoms with Crippen LogP contribution in [0.4, 0.5) is 17.1 Å². The van der Waals surface area contributed by atoms with E-state index in [4.69, 9.17) is 4.42 Å². The summed E-state index contributed by atoms with van der Waals surface area (Å²) in [6.45, 7) is 9.45. The van der Waals surface area contributed by atoms with E-state index in [1.54, 1.807) is 0 Å². The number of hydrogen-bond donors (Lipinski definition) is 0. The Labute approximate surface area is 351 Å². The van der Waals surface area contributed by atoms with Gasteiger partial charge in [-0.3, -0.25) is 0 Å². The molecule has 12 rings (SSSR count). The van der Waals surface area contributed by atoms with Gasteiger partial charge < -0.3 is 9.32 Å². The number of para-hydroxylation sites is 1. The summed E-state index contributed by atoms with van der Waals surface area (Å²) in [6.07, 6.45) is 0. The van der Waals surface area contributed by atoms with E-state index >= 15 is 0 Å². The number of anilines is 3. The van der Waals surface area contributed by atoms with Crippen molar-refractivity contribution in [3.05, 3.63) is 210 Å². The fourth-order valence-corrected chi connectivity index (χ4v) is 10.6. The maximum absolute atomic E-state index is 6.82. The molecule has 0 atom stereocenters. The standard InChI is InChI=1S/C58H43NO/c1-57(2)51-23-12-10-18-43(51)45-31-29-39(33-53(45)57)59(40-30-32-46-44-19-11-13-24-52(44)58(3,4)54(46)34-40)38-27-25-37(26-28-38)49-35-50-48-22-14-21-41(36-15-6-5-7-16-36)55(48)60-56(50)47-20-9-8-17-42(47)49/h5-35H,1-4H3. The van der Waals surface area contributed by atoms with Gasteiger partial charge in [-0.15, -0.1) is 0 Å². The highest BCUT2D eigenvalue weighted by Gasteiger charge is 2.37.